The number of carbonyl (C=O) groups excluding carboxylic acids is 3. The molecule has 1 heterocycles. The number of halogens is 2. The summed E-state index contributed by atoms with van der Waals surface area (Å²) in [4.78, 5) is 41.1. The van der Waals surface area contributed by atoms with Gasteiger partial charge in [-0.25, -0.2) is 18.6 Å². The van der Waals surface area contributed by atoms with Crippen molar-refractivity contribution >= 4 is 23.4 Å². The topological polar surface area (TPSA) is 104 Å². The second-order valence-electron chi connectivity index (χ2n) is 7.85. The molecule has 0 aliphatic heterocycles. The first-order chi connectivity index (χ1) is 17.6. The van der Waals surface area contributed by atoms with E-state index in [0.29, 0.717) is 16.7 Å². The second-order valence-corrected chi connectivity index (χ2v) is 7.85. The molecule has 0 radical (unpaired) electrons. The van der Waals surface area contributed by atoms with Gasteiger partial charge in [-0.2, -0.15) is 0 Å². The summed E-state index contributed by atoms with van der Waals surface area (Å²) in [7, 11) is 1.33. The van der Waals surface area contributed by atoms with E-state index >= 15 is 0 Å². The second kappa shape index (κ2) is 11.9. The van der Waals surface area contributed by atoms with Crippen molar-refractivity contribution in [3.8, 4) is 11.5 Å². The van der Waals surface area contributed by atoms with E-state index in [1.165, 1.54) is 81.8 Å². The van der Waals surface area contributed by atoms with Crippen LogP contribution in [0.2, 0.25) is 0 Å². The van der Waals surface area contributed by atoms with Gasteiger partial charge in [-0.3, -0.25) is 9.59 Å². The first-order valence-electron chi connectivity index (χ1n) is 11.1. The van der Waals surface area contributed by atoms with Crippen molar-refractivity contribution in [2.24, 2.45) is 0 Å². The van der Waals surface area contributed by atoms with Crippen LogP contribution in [0.25, 0.3) is 5.57 Å². The van der Waals surface area contributed by atoms with Gasteiger partial charge in [0.2, 0.25) is 5.75 Å². The van der Waals surface area contributed by atoms with Crippen molar-refractivity contribution in [3.63, 3.8) is 0 Å². The Morgan fingerprint density at radius 1 is 0.892 bits per heavy atom. The van der Waals surface area contributed by atoms with Gasteiger partial charge in [-0.05, 0) is 49.2 Å². The zero-order valence-electron chi connectivity index (χ0n) is 20.5. The molecule has 1 N–H and O–H groups in total. The number of hydrogen-bond donors (Lipinski definition) is 1. The highest BCUT2D eigenvalue weighted by molar-refractivity contribution is 5.98. The number of nitrogens with one attached hydrogen (secondary N) is 1. The molecule has 8 nitrogen and oxygen atoms in total. The van der Waals surface area contributed by atoms with Crippen LogP contribution in [-0.2, 0) is 14.3 Å². The molecular weight excluding hydrogens is 486 g/mol. The summed E-state index contributed by atoms with van der Waals surface area (Å²) in [5.41, 5.74) is 1.22. The van der Waals surface area contributed by atoms with Crippen LogP contribution in [-0.4, -0.2) is 36.0 Å². The number of allylic oxidation sites excluding steroid dienone is 1. The molecule has 0 saturated carbocycles. The number of pyridine rings is 1. The zero-order valence-corrected chi connectivity index (χ0v) is 20.5. The number of methoxy groups -OCH3 is 1. The van der Waals surface area contributed by atoms with Crippen LogP contribution >= 0.6 is 0 Å². The van der Waals surface area contributed by atoms with E-state index in [-0.39, 0.29) is 23.0 Å². The number of ether oxygens (including phenoxy) is 3. The monoisotopic (exact) mass is 510 g/mol. The first-order valence-corrected chi connectivity index (χ1v) is 11.1. The van der Waals surface area contributed by atoms with Gasteiger partial charge >= 0.3 is 11.9 Å². The predicted octanol–water partition coefficient (Wildman–Crippen LogP) is 4.43. The number of aromatic nitrogens is 1. The van der Waals surface area contributed by atoms with Gasteiger partial charge in [-0.15, -0.1) is 0 Å². The molecule has 1 amide bonds. The Morgan fingerprint density at radius 3 is 1.92 bits per heavy atom. The Hall–Kier alpha value is -4.60. The van der Waals surface area contributed by atoms with Gasteiger partial charge in [0.1, 0.15) is 23.4 Å². The molecule has 37 heavy (non-hydrogen) atoms. The van der Waals surface area contributed by atoms with Crippen LogP contribution in [0.4, 0.5) is 8.78 Å². The third kappa shape index (κ3) is 6.75. The number of nitrogens with zero attached hydrogens (tertiary/aromatic N) is 1. The van der Waals surface area contributed by atoms with Crippen LogP contribution in [0.3, 0.4) is 0 Å². The lowest BCUT2D eigenvalue weighted by Crippen LogP contribution is -2.40. The van der Waals surface area contributed by atoms with Crippen molar-refractivity contribution in [2.75, 3.05) is 7.11 Å². The summed E-state index contributed by atoms with van der Waals surface area (Å²) in [6, 6.07) is 11.3. The average molecular weight is 510 g/mol. The molecule has 192 valence electrons. The maximum absolute atomic E-state index is 13.5. The molecule has 0 unspecified atom stereocenters. The lowest BCUT2D eigenvalue weighted by molar-refractivity contribution is -0.141. The molecule has 0 aliphatic carbocycles. The largest absolute Gasteiger partial charge is 0.493 e. The Bertz CT molecular complexity index is 1290. The van der Waals surface area contributed by atoms with Crippen LogP contribution < -0.4 is 14.8 Å². The van der Waals surface area contributed by atoms with Crippen LogP contribution in [0.15, 0.2) is 66.6 Å². The standard InChI is InChI=1S/C27H24F2N2O6/c1-15(31-26(33)24-25(37-17(3)32)22(35-4)13-14-30-24)27(34)36-16(2)23(18-5-9-20(28)10-6-18)19-7-11-21(29)12-8-19/h5-15H,1-4H3,(H,31,33)/t15-/m0/s1. The fourth-order valence-corrected chi connectivity index (χ4v) is 3.42. The molecule has 0 aliphatic rings. The minimum Gasteiger partial charge on any atom is -0.493 e. The Balaban J connectivity index is 1.86. The number of esters is 2. The number of benzene rings is 2. The van der Waals surface area contributed by atoms with Crippen molar-refractivity contribution < 1.29 is 37.4 Å². The van der Waals surface area contributed by atoms with E-state index in [0.717, 1.165) is 6.92 Å². The van der Waals surface area contributed by atoms with Crippen molar-refractivity contribution in [3.05, 3.63) is 95.0 Å². The molecule has 10 heteroatoms. The molecule has 1 atom stereocenters. The van der Waals surface area contributed by atoms with E-state index in [2.05, 4.69) is 10.3 Å². The smallest absolute Gasteiger partial charge is 0.333 e. The normalized spacial score (nSPS) is 11.2. The van der Waals surface area contributed by atoms with Crippen molar-refractivity contribution in [1.29, 1.82) is 0 Å². The SMILES string of the molecule is COc1ccnc(C(=O)N[C@@H](C)C(=O)OC(C)=C(c2ccc(F)cc2)c2ccc(F)cc2)c1OC(C)=O. The highest BCUT2D eigenvalue weighted by Crippen LogP contribution is 2.30. The number of rotatable bonds is 8. The third-order valence-corrected chi connectivity index (χ3v) is 5.12. The minimum absolute atomic E-state index is 0.104. The molecule has 3 aromatic rings. The first kappa shape index (κ1) is 27.0. The number of amides is 1. The summed E-state index contributed by atoms with van der Waals surface area (Å²) < 4.78 is 42.7. The van der Waals surface area contributed by atoms with E-state index < -0.39 is 35.5 Å². The van der Waals surface area contributed by atoms with Gasteiger partial charge in [-0.1, -0.05) is 24.3 Å². The number of carbonyl (C=O) groups is 3. The molecule has 0 spiro atoms. The highest BCUT2D eigenvalue weighted by Gasteiger charge is 2.25. The Kier molecular flexibility index (Phi) is 8.68. The van der Waals surface area contributed by atoms with Gasteiger partial charge in [0.15, 0.2) is 11.4 Å². The minimum atomic E-state index is -1.15. The lowest BCUT2D eigenvalue weighted by atomic mass is 9.97. The third-order valence-electron chi connectivity index (χ3n) is 5.12. The predicted molar refractivity (Wildman–Crippen MR) is 130 cm³/mol. The molecule has 1 aromatic heterocycles. The highest BCUT2D eigenvalue weighted by atomic mass is 19.1. The quantitative estimate of drug-likeness (QED) is 0.353. The summed E-state index contributed by atoms with van der Waals surface area (Å²) in [6.07, 6.45) is 1.29. The van der Waals surface area contributed by atoms with Crippen LogP contribution in [0.1, 0.15) is 42.4 Å². The summed E-state index contributed by atoms with van der Waals surface area (Å²) in [5, 5.41) is 2.46. The summed E-state index contributed by atoms with van der Waals surface area (Å²) in [6.45, 7) is 4.08. The van der Waals surface area contributed by atoms with Gasteiger partial charge in [0, 0.05) is 24.8 Å². The van der Waals surface area contributed by atoms with Crippen LogP contribution in [0.5, 0.6) is 11.5 Å². The van der Waals surface area contributed by atoms with E-state index in [4.69, 9.17) is 14.2 Å². The Labute approximate surface area is 211 Å². The average Bonchev–Trinajstić information content (AvgIpc) is 2.86. The molecule has 0 saturated heterocycles. The molecule has 2 aromatic carbocycles. The maximum atomic E-state index is 13.5. The van der Waals surface area contributed by atoms with Gasteiger partial charge < -0.3 is 19.5 Å². The molecule has 0 fully saturated rings. The zero-order chi connectivity index (χ0) is 27.1. The fraction of sp³-hybridized carbons (Fsp3) is 0.185. The molecule has 3 rings (SSSR count). The molecule has 0 bridgehead atoms. The summed E-state index contributed by atoms with van der Waals surface area (Å²) >= 11 is 0. The number of hydrogen-bond acceptors (Lipinski definition) is 7. The van der Waals surface area contributed by atoms with Crippen LogP contribution in [0, 0.1) is 11.6 Å². The molecular formula is C27H24F2N2O6. The van der Waals surface area contributed by atoms with Crippen molar-refractivity contribution in [2.45, 2.75) is 26.8 Å². The lowest BCUT2D eigenvalue weighted by Gasteiger charge is -2.17. The van der Waals surface area contributed by atoms with Gasteiger partial charge in [0.05, 0.1) is 7.11 Å². The summed E-state index contributed by atoms with van der Waals surface area (Å²) in [5.74, 6) is -3.16. The van der Waals surface area contributed by atoms with E-state index in [1.807, 2.05) is 0 Å². The van der Waals surface area contributed by atoms with E-state index in [9.17, 15) is 23.2 Å². The Morgan fingerprint density at radius 2 is 1.43 bits per heavy atom. The maximum Gasteiger partial charge on any atom is 0.333 e. The van der Waals surface area contributed by atoms with Crippen molar-refractivity contribution in [1.82, 2.24) is 10.3 Å². The van der Waals surface area contributed by atoms with E-state index in [1.54, 1.807) is 0 Å². The van der Waals surface area contributed by atoms with Gasteiger partial charge in [0.25, 0.3) is 5.91 Å². The fourth-order valence-electron chi connectivity index (χ4n) is 3.42.